The highest BCUT2D eigenvalue weighted by molar-refractivity contribution is 5.83. The van der Waals surface area contributed by atoms with Crippen molar-refractivity contribution in [3.8, 4) is 0 Å². The lowest BCUT2D eigenvalue weighted by molar-refractivity contribution is -0.141. The van der Waals surface area contributed by atoms with Crippen LogP contribution in [0.25, 0.3) is 0 Å². The monoisotopic (exact) mass is 167 g/mol. The normalized spacial score (nSPS) is 26.1. The summed E-state index contributed by atoms with van der Waals surface area (Å²) in [5.74, 6) is 0.512. The van der Waals surface area contributed by atoms with Crippen LogP contribution in [0, 0.1) is 5.41 Å². The second kappa shape index (κ2) is 2.31. The highest BCUT2D eigenvalue weighted by atomic mass is 16.2. The summed E-state index contributed by atoms with van der Waals surface area (Å²) in [6.07, 6.45) is 2.43. The molecule has 2 aliphatic rings. The summed E-state index contributed by atoms with van der Waals surface area (Å²) in [6.45, 7) is 3.21. The molecule has 12 heavy (non-hydrogen) atoms. The van der Waals surface area contributed by atoms with Gasteiger partial charge in [-0.05, 0) is 6.42 Å². The molecule has 0 radical (unpaired) electrons. The Kier molecular flexibility index (Phi) is 1.50. The zero-order chi connectivity index (χ0) is 8.77. The van der Waals surface area contributed by atoms with Crippen molar-refractivity contribution in [1.29, 1.82) is 0 Å². The minimum Gasteiger partial charge on any atom is -0.342 e. The van der Waals surface area contributed by atoms with E-state index in [0.29, 0.717) is 12.2 Å². The SMILES string of the molecule is CC(=O)N1CC2(CCC(=O)C2)C1. The summed E-state index contributed by atoms with van der Waals surface area (Å²) in [5, 5.41) is 0. The minimum absolute atomic E-state index is 0.139. The van der Waals surface area contributed by atoms with Gasteiger partial charge < -0.3 is 4.90 Å². The van der Waals surface area contributed by atoms with E-state index in [9.17, 15) is 9.59 Å². The first-order chi connectivity index (χ1) is 5.61. The number of amides is 1. The van der Waals surface area contributed by atoms with Gasteiger partial charge in [0.25, 0.3) is 0 Å². The van der Waals surface area contributed by atoms with Gasteiger partial charge in [0.15, 0.2) is 0 Å². The predicted octanol–water partition coefficient (Wildman–Crippen LogP) is 0.588. The average molecular weight is 167 g/mol. The fourth-order valence-electron chi connectivity index (χ4n) is 2.26. The maximum absolute atomic E-state index is 11.0. The van der Waals surface area contributed by atoms with E-state index in [1.807, 2.05) is 4.90 Å². The molecule has 1 spiro atoms. The smallest absolute Gasteiger partial charge is 0.219 e. The summed E-state index contributed by atoms with van der Waals surface area (Å²) in [5.41, 5.74) is 0.197. The first-order valence-corrected chi connectivity index (χ1v) is 4.39. The molecular weight excluding hydrogens is 154 g/mol. The van der Waals surface area contributed by atoms with Gasteiger partial charge >= 0.3 is 0 Å². The summed E-state index contributed by atoms with van der Waals surface area (Å²) in [4.78, 5) is 23.7. The van der Waals surface area contributed by atoms with Crippen LogP contribution in [0.5, 0.6) is 0 Å². The van der Waals surface area contributed by atoms with E-state index in [4.69, 9.17) is 0 Å². The number of hydrogen-bond acceptors (Lipinski definition) is 2. The van der Waals surface area contributed by atoms with Gasteiger partial charge in [-0.15, -0.1) is 0 Å². The summed E-state index contributed by atoms with van der Waals surface area (Å²) < 4.78 is 0. The van der Waals surface area contributed by atoms with Crippen molar-refractivity contribution in [2.75, 3.05) is 13.1 Å². The number of likely N-dealkylation sites (tertiary alicyclic amines) is 1. The summed E-state index contributed by atoms with van der Waals surface area (Å²) in [7, 11) is 0. The highest BCUT2D eigenvalue weighted by Gasteiger charge is 2.48. The van der Waals surface area contributed by atoms with Crippen LogP contribution in [0.1, 0.15) is 26.2 Å². The Morgan fingerprint density at radius 1 is 1.50 bits per heavy atom. The molecule has 66 valence electrons. The lowest BCUT2D eigenvalue weighted by Crippen LogP contribution is -2.56. The van der Waals surface area contributed by atoms with Gasteiger partial charge in [0.1, 0.15) is 5.78 Å². The molecule has 1 amide bonds. The van der Waals surface area contributed by atoms with Gasteiger partial charge in [0.2, 0.25) is 5.91 Å². The molecule has 1 saturated carbocycles. The summed E-state index contributed by atoms with van der Waals surface area (Å²) in [6, 6.07) is 0. The van der Waals surface area contributed by atoms with Gasteiger partial charge in [0.05, 0.1) is 0 Å². The van der Waals surface area contributed by atoms with Gasteiger partial charge in [-0.2, -0.15) is 0 Å². The van der Waals surface area contributed by atoms with Gasteiger partial charge in [-0.25, -0.2) is 0 Å². The van der Waals surface area contributed by atoms with Crippen molar-refractivity contribution in [2.45, 2.75) is 26.2 Å². The van der Waals surface area contributed by atoms with Crippen LogP contribution in [-0.4, -0.2) is 29.7 Å². The molecule has 0 aromatic carbocycles. The number of rotatable bonds is 0. The van der Waals surface area contributed by atoms with Crippen molar-refractivity contribution in [3.05, 3.63) is 0 Å². The Morgan fingerprint density at radius 3 is 2.58 bits per heavy atom. The van der Waals surface area contributed by atoms with E-state index in [1.165, 1.54) is 0 Å². The van der Waals surface area contributed by atoms with E-state index in [1.54, 1.807) is 6.92 Å². The van der Waals surface area contributed by atoms with E-state index >= 15 is 0 Å². The van der Waals surface area contributed by atoms with Crippen LogP contribution in [0.4, 0.5) is 0 Å². The third-order valence-electron chi connectivity index (χ3n) is 3.00. The van der Waals surface area contributed by atoms with Gasteiger partial charge in [0, 0.05) is 38.3 Å². The van der Waals surface area contributed by atoms with Crippen LogP contribution in [0.3, 0.4) is 0 Å². The van der Waals surface area contributed by atoms with Crippen LogP contribution >= 0.6 is 0 Å². The van der Waals surface area contributed by atoms with Gasteiger partial charge in [-0.3, -0.25) is 9.59 Å². The standard InChI is InChI=1S/C9H13NO2/c1-7(11)10-5-9(6-10)3-2-8(12)4-9/h2-6H2,1H3. The largest absolute Gasteiger partial charge is 0.342 e. The van der Waals surface area contributed by atoms with Crippen molar-refractivity contribution in [1.82, 2.24) is 4.90 Å². The zero-order valence-electron chi connectivity index (χ0n) is 7.30. The predicted molar refractivity (Wildman–Crippen MR) is 43.5 cm³/mol. The molecule has 1 heterocycles. The number of Topliss-reactive ketones (excluding diaryl/α,β-unsaturated/α-hetero) is 1. The van der Waals surface area contributed by atoms with Crippen molar-refractivity contribution >= 4 is 11.7 Å². The molecule has 0 bridgehead atoms. The fourth-order valence-corrected chi connectivity index (χ4v) is 2.26. The molecule has 0 N–H and O–H groups in total. The number of ketones is 1. The van der Waals surface area contributed by atoms with Gasteiger partial charge in [-0.1, -0.05) is 0 Å². The van der Waals surface area contributed by atoms with Crippen LogP contribution in [0.15, 0.2) is 0 Å². The number of hydrogen-bond donors (Lipinski definition) is 0. The second-order valence-electron chi connectivity index (χ2n) is 4.09. The Labute approximate surface area is 71.7 Å². The first kappa shape index (κ1) is 7.77. The zero-order valence-corrected chi connectivity index (χ0v) is 7.30. The summed E-state index contributed by atoms with van der Waals surface area (Å²) >= 11 is 0. The Morgan fingerprint density at radius 2 is 2.17 bits per heavy atom. The second-order valence-corrected chi connectivity index (χ2v) is 4.09. The molecule has 0 unspecified atom stereocenters. The number of nitrogens with zero attached hydrogens (tertiary/aromatic N) is 1. The molecule has 3 nitrogen and oxygen atoms in total. The lowest BCUT2D eigenvalue weighted by atomic mass is 9.78. The van der Waals surface area contributed by atoms with E-state index in [2.05, 4.69) is 0 Å². The lowest BCUT2D eigenvalue weighted by Gasteiger charge is -2.47. The van der Waals surface area contributed by atoms with Crippen LogP contribution < -0.4 is 0 Å². The average Bonchev–Trinajstić information content (AvgIpc) is 2.27. The Balaban J connectivity index is 1.95. The van der Waals surface area contributed by atoms with Crippen LogP contribution in [0.2, 0.25) is 0 Å². The topological polar surface area (TPSA) is 37.4 Å². The highest BCUT2D eigenvalue weighted by Crippen LogP contribution is 2.43. The molecule has 1 aliphatic carbocycles. The molecule has 3 heteroatoms. The molecule has 2 fully saturated rings. The maximum atomic E-state index is 11.0. The molecular formula is C9H13NO2. The van der Waals surface area contributed by atoms with E-state index < -0.39 is 0 Å². The van der Waals surface area contributed by atoms with Crippen LogP contribution in [-0.2, 0) is 9.59 Å². The number of carbonyl (C=O) groups is 2. The molecule has 2 rings (SSSR count). The van der Waals surface area contributed by atoms with Crippen molar-refractivity contribution < 1.29 is 9.59 Å². The molecule has 1 saturated heterocycles. The first-order valence-electron chi connectivity index (χ1n) is 4.39. The Hall–Kier alpha value is -0.860. The molecule has 1 aliphatic heterocycles. The Bertz CT molecular complexity index is 241. The maximum Gasteiger partial charge on any atom is 0.219 e. The molecule has 0 aromatic heterocycles. The van der Waals surface area contributed by atoms with E-state index in [0.717, 1.165) is 25.9 Å². The fraction of sp³-hybridized carbons (Fsp3) is 0.778. The third kappa shape index (κ3) is 1.04. The molecule has 0 atom stereocenters. The molecule has 0 aromatic rings. The quantitative estimate of drug-likeness (QED) is 0.529. The number of carbonyl (C=O) groups excluding carboxylic acids is 2. The van der Waals surface area contributed by atoms with E-state index in [-0.39, 0.29) is 11.3 Å². The minimum atomic E-state index is 0.139. The van der Waals surface area contributed by atoms with Crippen molar-refractivity contribution in [3.63, 3.8) is 0 Å². The third-order valence-corrected chi connectivity index (χ3v) is 3.00. The van der Waals surface area contributed by atoms with Crippen molar-refractivity contribution in [2.24, 2.45) is 5.41 Å².